The van der Waals surface area contributed by atoms with Crippen molar-refractivity contribution < 1.29 is 4.74 Å². The second-order valence-corrected chi connectivity index (χ2v) is 2.89. The van der Waals surface area contributed by atoms with Gasteiger partial charge in [0, 0.05) is 0 Å². The molecule has 1 rings (SSSR count). The summed E-state index contributed by atoms with van der Waals surface area (Å²) in [6, 6.07) is 0. The molecule has 4 nitrogen and oxygen atoms in total. The standard InChI is InChI=1S/C9H15N3O/c1-3-4-5-13-9-7(2)8(10)11-6-12-9/h6H,3-5H2,1-2H3,(H2,10,11,12). The lowest BCUT2D eigenvalue weighted by Gasteiger charge is -2.07. The molecular weight excluding hydrogens is 166 g/mol. The molecule has 0 bridgehead atoms. The first-order valence-electron chi connectivity index (χ1n) is 4.45. The van der Waals surface area contributed by atoms with Crippen LogP contribution in [-0.2, 0) is 0 Å². The molecule has 0 aliphatic rings. The smallest absolute Gasteiger partial charge is 0.221 e. The molecule has 13 heavy (non-hydrogen) atoms. The Labute approximate surface area is 78.1 Å². The second kappa shape index (κ2) is 4.64. The molecule has 0 aliphatic carbocycles. The van der Waals surface area contributed by atoms with Crippen molar-refractivity contribution in [3.63, 3.8) is 0 Å². The fourth-order valence-corrected chi connectivity index (χ4v) is 0.905. The number of hydrogen-bond acceptors (Lipinski definition) is 4. The molecule has 0 radical (unpaired) electrons. The van der Waals surface area contributed by atoms with Crippen LogP contribution in [0, 0.1) is 6.92 Å². The monoisotopic (exact) mass is 181 g/mol. The molecule has 0 aliphatic heterocycles. The summed E-state index contributed by atoms with van der Waals surface area (Å²) in [5.41, 5.74) is 6.41. The van der Waals surface area contributed by atoms with Crippen LogP contribution in [0.2, 0.25) is 0 Å². The Balaban J connectivity index is 2.61. The number of nitrogen functional groups attached to an aromatic ring is 1. The molecule has 0 atom stereocenters. The lowest BCUT2D eigenvalue weighted by molar-refractivity contribution is 0.295. The summed E-state index contributed by atoms with van der Waals surface area (Å²) in [5.74, 6) is 1.09. The second-order valence-electron chi connectivity index (χ2n) is 2.89. The first kappa shape index (κ1) is 9.77. The molecule has 0 saturated heterocycles. The highest BCUT2D eigenvalue weighted by Gasteiger charge is 2.03. The average molecular weight is 181 g/mol. The third-order valence-electron chi connectivity index (χ3n) is 1.81. The Morgan fingerprint density at radius 2 is 2.23 bits per heavy atom. The van der Waals surface area contributed by atoms with E-state index in [2.05, 4.69) is 16.9 Å². The Hall–Kier alpha value is -1.32. The summed E-state index contributed by atoms with van der Waals surface area (Å²) < 4.78 is 5.43. The third kappa shape index (κ3) is 2.57. The van der Waals surface area contributed by atoms with E-state index >= 15 is 0 Å². The minimum Gasteiger partial charge on any atom is -0.477 e. The number of anilines is 1. The van der Waals surface area contributed by atoms with Crippen LogP contribution >= 0.6 is 0 Å². The SMILES string of the molecule is CCCCOc1ncnc(N)c1C. The number of rotatable bonds is 4. The van der Waals surface area contributed by atoms with Gasteiger partial charge in [-0.05, 0) is 13.3 Å². The van der Waals surface area contributed by atoms with Crippen molar-refractivity contribution in [3.05, 3.63) is 11.9 Å². The maximum Gasteiger partial charge on any atom is 0.221 e. The largest absolute Gasteiger partial charge is 0.477 e. The fraction of sp³-hybridized carbons (Fsp3) is 0.556. The number of ether oxygens (including phenoxy) is 1. The maximum atomic E-state index is 5.59. The molecule has 0 fully saturated rings. The van der Waals surface area contributed by atoms with Crippen molar-refractivity contribution in [2.75, 3.05) is 12.3 Å². The zero-order valence-corrected chi connectivity index (χ0v) is 8.08. The van der Waals surface area contributed by atoms with Crippen LogP contribution in [-0.4, -0.2) is 16.6 Å². The van der Waals surface area contributed by atoms with Gasteiger partial charge in [-0.15, -0.1) is 0 Å². The Bertz CT molecular complexity index is 276. The van der Waals surface area contributed by atoms with E-state index in [4.69, 9.17) is 10.5 Å². The summed E-state index contributed by atoms with van der Waals surface area (Å²) in [6.07, 6.45) is 3.56. The molecule has 1 aromatic rings. The first-order valence-corrected chi connectivity index (χ1v) is 4.45. The Kier molecular flexibility index (Phi) is 3.49. The molecule has 0 amide bonds. The maximum absolute atomic E-state index is 5.59. The summed E-state index contributed by atoms with van der Waals surface area (Å²) in [7, 11) is 0. The fourth-order valence-electron chi connectivity index (χ4n) is 0.905. The van der Waals surface area contributed by atoms with E-state index in [1.165, 1.54) is 6.33 Å². The van der Waals surface area contributed by atoms with Crippen molar-refractivity contribution in [2.24, 2.45) is 0 Å². The highest BCUT2D eigenvalue weighted by Crippen LogP contribution is 2.17. The molecule has 72 valence electrons. The number of aromatic nitrogens is 2. The lowest BCUT2D eigenvalue weighted by atomic mass is 10.3. The first-order chi connectivity index (χ1) is 6.25. The van der Waals surface area contributed by atoms with Crippen molar-refractivity contribution in [3.8, 4) is 5.88 Å². The number of hydrogen-bond donors (Lipinski definition) is 1. The van der Waals surface area contributed by atoms with E-state index in [1.807, 2.05) is 6.92 Å². The normalized spacial score (nSPS) is 10.0. The quantitative estimate of drug-likeness (QED) is 0.716. The van der Waals surface area contributed by atoms with Gasteiger partial charge in [0.25, 0.3) is 0 Å². The van der Waals surface area contributed by atoms with E-state index in [-0.39, 0.29) is 0 Å². The molecule has 2 N–H and O–H groups in total. The Morgan fingerprint density at radius 3 is 2.92 bits per heavy atom. The topological polar surface area (TPSA) is 61.0 Å². The van der Waals surface area contributed by atoms with E-state index in [1.54, 1.807) is 0 Å². The van der Waals surface area contributed by atoms with Crippen LogP contribution in [0.5, 0.6) is 5.88 Å². The van der Waals surface area contributed by atoms with E-state index in [0.29, 0.717) is 18.3 Å². The van der Waals surface area contributed by atoms with Crippen LogP contribution in [0.3, 0.4) is 0 Å². The van der Waals surface area contributed by atoms with Gasteiger partial charge in [-0.3, -0.25) is 0 Å². The molecular formula is C9H15N3O. The molecule has 0 saturated carbocycles. The van der Waals surface area contributed by atoms with Crippen molar-refractivity contribution in [1.82, 2.24) is 9.97 Å². The van der Waals surface area contributed by atoms with E-state index in [0.717, 1.165) is 18.4 Å². The number of unbranched alkanes of at least 4 members (excludes halogenated alkanes) is 1. The molecule has 0 unspecified atom stereocenters. The summed E-state index contributed by atoms with van der Waals surface area (Å²) >= 11 is 0. The highest BCUT2D eigenvalue weighted by atomic mass is 16.5. The minimum atomic E-state index is 0.487. The summed E-state index contributed by atoms with van der Waals surface area (Å²) in [6.45, 7) is 4.66. The molecule has 0 aromatic carbocycles. The van der Waals surface area contributed by atoms with E-state index < -0.39 is 0 Å². The highest BCUT2D eigenvalue weighted by molar-refractivity contribution is 5.42. The number of nitrogens with zero attached hydrogens (tertiary/aromatic N) is 2. The third-order valence-corrected chi connectivity index (χ3v) is 1.81. The van der Waals surface area contributed by atoms with E-state index in [9.17, 15) is 0 Å². The van der Waals surface area contributed by atoms with Crippen LogP contribution in [0.1, 0.15) is 25.3 Å². The van der Waals surface area contributed by atoms with Gasteiger partial charge in [0.05, 0.1) is 12.2 Å². The van der Waals surface area contributed by atoms with Gasteiger partial charge in [0.1, 0.15) is 12.1 Å². The molecule has 0 spiro atoms. The predicted octanol–water partition coefficient (Wildman–Crippen LogP) is 1.55. The van der Waals surface area contributed by atoms with Crippen LogP contribution in [0.4, 0.5) is 5.82 Å². The molecule has 4 heteroatoms. The van der Waals surface area contributed by atoms with Crippen LogP contribution in [0.25, 0.3) is 0 Å². The Morgan fingerprint density at radius 1 is 1.46 bits per heavy atom. The summed E-state index contributed by atoms with van der Waals surface area (Å²) in [4.78, 5) is 7.85. The van der Waals surface area contributed by atoms with Gasteiger partial charge in [-0.2, -0.15) is 0 Å². The minimum absolute atomic E-state index is 0.487. The molecule has 1 heterocycles. The van der Waals surface area contributed by atoms with Gasteiger partial charge in [-0.25, -0.2) is 9.97 Å². The van der Waals surface area contributed by atoms with Crippen molar-refractivity contribution in [2.45, 2.75) is 26.7 Å². The number of nitrogens with two attached hydrogens (primary N) is 1. The average Bonchev–Trinajstić information content (AvgIpc) is 2.13. The van der Waals surface area contributed by atoms with Crippen LogP contribution < -0.4 is 10.5 Å². The van der Waals surface area contributed by atoms with Crippen molar-refractivity contribution >= 4 is 5.82 Å². The van der Waals surface area contributed by atoms with Crippen molar-refractivity contribution in [1.29, 1.82) is 0 Å². The van der Waals surface area contributed by atoms with Gasteiger partial charge >= 0.3 is 0 Å². The summed E-state index contributed by atoms with van der Waals surface area (Å²) in [5, 5.41) is 0. The zero-order chi connectivity index (χ0) is 9.68. The predicted molar refractivity (Wildman–Crippen MR) is 51.6 cm³/mol. The zero-order valence-electron chi connectivity index (χ0n) is 8.08. The van der Waals surface area contributed by atoms with Crippen LogP contribution in [0.15, 0.2) is 6.33 Å². The lowest BCUT2D eigenvalue weighted by Crippen LogP contribution is -2.03. The van der Waals surface area contributed by atoms with Gasteiger partial charge in [0.15, 0.2) is 0 Å². The molecule has 1 aromatic heterocycles. The van der Waals surface area contributed by atoms with Gasteiger partial charge in [0.2, 0.25) is 5.88 Å². The van der Waals surface area contributed by atoms with Gasteiger partial charge in [-0.1, -0.05) is 13.3 Å². The van der Waals surface area contributed by atoms with Gasteiger partial charge < -0.3 is 10.5 Å².